The van der Waals surface area contributed by atoms with Crippen LogP contribution in [0.3, 0.4) is 0 Å². The van der Waals surface area contributed by atoms with E-state index in [2.05, 4.69) is 10.4 Å². The quantitative estimate of drug-likeness (QED) is 0.513. The molecule has 1 heterocycles. The summed E-state index contributed by atoms with van der Waals surface area (Å²) in [5.74, 6) is 0.482. The highest BCUT2D eigenvalue weighted by molar-refractivity contribution is 6.01. The molecule has 29 heavy (non-hydrogen) atoms. The molecule has 0 saturated heterocycles. The van der Waals surface area contributed by atoms with E-state index >= 15 is 0 Å². The highest BCUT2D eigenvalue weighted by Gasteiger charge is 2.14. The number of nitrogens with one attached hydrogen (secondary N) is 1. The van der Waals surface area contributed by atoms with Crippen LogP contribution in [0.15, 0.2) is 79.1 Å². The summed E-state index contributed by atoms with van der Waals surface area (Å²) >= 11 is 0. The Labute approximate surface area is 169 Å². The molecule has 5 heteroatoms. The summed E-state index contributed by atoms with van der Waals surface area (Å²) in [6, 6.07) is 21.7. The van der Waals surface area contributed by atoms with Gasteiger partial charge in [0.2, 0.25) is 0 Å². The number of hydrogen-bond donors (Lipinski definition) is 1. The first-order valence-electron chi connectivity index (χ1n) is 9.77. The van der Waals surface area contributed by atoms with Gasteiger partial charge in [0.1, 0.15) is 5.75 Å². The van der Waals surface area contributed by atoms with Crippen molar-refractivity contribution in [3.05, 3.63) is 90.3 Å². The van der Waals surface area contributed by atoms with Crippen molar-refractivity contribution >= 4 is 16.7 Å². The van der Waals surface area contributed by atoms with Crippen molar-refractivity contribution in [3.8, 4) is 11.4 Å². The van der Waals surface area contributed by atoms with Crippen molar-refractivity contribution in [2.45, 2.75) is 13.3 Å². The molecule has 0 radical (unpaired) electrons. The highest BCUT2D eigenvalue weighted by atomic mass is 16.5. The molecule has 0 aliphatic heterocycles. The van der Waals surface area contributed by atoms with Crippen LogP contribution in [0.25, 0.3) is 16.5 Å². The Morgan fingerprint density at radius 2 is 1.76 bits per heavy atom. The van der Waals surface area contributed by atoms with Gasteiger partial charge in [-0.05, 0) is 53.9 Å². The number of amides is 1. The van der Waals surface area contributed by atoms with Crippen molar-refractivity contribution in [2.24, 2.45) is 0 Å². The average molecular weight is 385 g/mol. The Morgan fingerprint density at radius 3 is 2.52 bits per heavy atom. The highest BCUT2D eigenvalue weighted by Crippen LogP contribution is 2.26. The normalized spacial score (nSPS) is 10.8. The first-order chi connectivity index (χ1) is 14.2. The molecule has 5 nitrogen and oxygen atoms in total. The van der Waals surface area contributed by atoms with Gasteiger partial charge in [0.05, 0.1) is 24.1 Å². The maximum atomic E-state index is 12.8. The van der Waals surface area contributed by atoms with Crippen LogP contribution in [-0.4, -0.2) is 28.8 Å². The Kier molecular flexibility index (Phi) is 5.56. The zero-order chi connectivity index (χ0) is 20.1. The lowest BCUT2D eigenvalue weighted by atomic mass is 10.1. The number of ether oxygens (including phenoxy) is 1. The second-order valence-corrected chi connectivity index (χ2v) is 6.76. The summed E-state index contributed by atoms with van der Waals surface area (Å²) in [5.41, 5.74) is 2.64. The van der Waals surface area contributed by atoms with E-state index in [1.807, 2.05) is 90.7 Å². The Balaban J connectivity index is 1.43. The van der Waals surface area contributed by atoms with Gasteiger partial charge in [-0.25, -0.2) is 4.68 Å². The summed E-state index contributed by atoms with van der Waals surface area (Å²) in [6.45, 7) is 2.95. The number of carbonyl (C=O) groups excluding carboxylic acids is 1. The molecule has 1 aromatic heterocycles. The van der Waals surface area contributed by atoms with Gasteiger partial charge in [0.15, 0.2) is 0 Å². The van der Waals surface area contributed by atoms with Gasteiger partial charge in [0, 0.05) is 12.7 Å². The number of carbonyl (C=O) groups is 1. The van der Waals surface area contributed by atoms with Gasteiger partial charge in [-0.2, -0.15) is 5.10 Å². The third-order valence-corrected chi connectivity index (χ3v) is 4.75. The molecule has 4 aromatic rings. The van der Waals surface area contributed by atoms with E-state index < -0.39 is 0 Å². The van der Waals surface area contributed by atoms with E-state index in [4.69, 9.17) is 4.74 Å². The van der Waals surface area contributed by atoms with Crippen molar-refractivity contribution in [1.82, 2.24) is 15.1 Å². The van der Waals surface area contributed by atoms with Crippen molar-refractivity contribution in [2.75, 3.05) is 13.2 Å². The fraction of sp³-hybridized carbons (Fsp3) is 0.167. The Hall–Kier alpha value is -3.60. The minimum Gasteiger partial charge on any atom is -0.493 e. The van der Waals surface area contributed by atoms with Gasteiger partial charge in [-0.15, -0.1) is 0 Å². The Morgan fingerprint density at radius 1 is 1.03 bits per heavy atom. The van der Waals surface area contributed by atoms with E-state index in [0.717, 1.165) is 22.0 Å². The summed E-state index contributed by atoms with van der Waals surface area (Å²) in [7, 11) is 0. The van der Waals surface area contributed by atoms with Crippen LogP contribution in [0, 0.1) is 0 Å². The number of fused-ring (bicyclic) bond motifs is 1. The van der Waals surface area contributed by atoms with Crippen LogP contribution in [0.4, 0.5) is 0 Å². The summed E-state index contributed by atoms with van der Waals surface area (Å²) in [4.78, 5) is 12.8. The second kappa shape index (κ2) is 8.61. The van der Waals surface area contributed by atoms with E-state index in [1.165, 1.54) is 0 Å². The Bertz CT molecular complexity index is 1120. The maximum absolute atomic E-state index is 12.8. The molecule has 0 saturated carbocycles. The van der Waals surface area contributed by atoms with Gasteiger partial charge in [0.25, 0.3) is 5.91 Å². The zero-order valence-electron chi connectivity index (χ0n) is 16.3. The van der Waals surface area contributed by atoms with Gasteiger partial charge < -0.3 is 10.1 Å². The number of benzene rings is 3. The molecule has 0 bridgehead atoms. The van der Waals surface area contributed by atoms with Crippen LogP contribution in [0.5, 0.6) is 5.75 Å². The minimum absolute atomic E-state index is 0.130. The molecule has 0 unspecified atom stereocenters. The van der Waals surface area contributed by atoms with E-state index in [0.29, 0.717) is 30.9 Å². The minimum atomic E-state index is -0.130. The van der Waals surface area contributed by atoms with Crippen LogP contribution >= 0.6 is 0 Å². The molecule has 0 spiro atoms. The van der Waals surface area contributed by atoms with Gasteiger partial charge in [-0.1, -0.05) is 42.5 Å². The predicted molar refractivity (Wildman–Crippen MR) is 115 cm³/mol. The summed E-state index contributed by atoms with van der Waals surface area (Å²) < 4.78 is 7.55. The average Bonchev–Trinajstić information content (AvgIpc) is 3.23. The largest absolute Gasteiger partial charge is 0.493 e. The third-order valence-electron chi connectivity index (χ3n) is 4.75. The molecule has 0 aliphatic carbocycles. The molecule has 1 N–H and O–H groups in total. The predicted octanol–water partition coefficient (Wildman–Crippen LogP) is 4.40. The molecular formula is C24H23N3O2. The van der Waals surface area contributed by atoms with Gasteiger partial charge >= 0.3 is 0 Å². The number of nitrogens with zero attached hydrogens (tertiary/aromatic N) is 2. The maximum Gasteiger partial charge on any atom is 0.255 e. The van der Waals surface area contributed by atoms with Crippen molar-refractivity contribution < 1.29 is 9.53 Å². The number of para-hydroxylation sites is 1. The van der Waals surface area contributed by atoms with E-state index in [-0.39, 0.29) is 5.91 Å². The zero-order valence-corrected chi connectivity index (χ0v) is 16.3. The van der Waals surface area contributed by atoms with Crippen molar-refractivity contribution in [1.29, 1.82) is 0 Å². The third kappa shape index (κ3) is 4.29. The molecule has 1 amide bonds. The number of rotatable bonds is 7. The lowest BCUT2D eigenvalue weighted by Gasteiger charge is -2.12. The summed E-state index contributed by atoms with van der Waals surface area (Å²) in [5, 5.41) is 9.48. The topological polar surface area (TPSA) is 56.1 Å². The first kappa shape index (κ1) is 18.7. The lowest BCUT2D eigenvalue weighted by Crippen LogP contribution is -2.26. The molecule has 146 valence electrons. The molecule has 0 fully saturated rings. The lowest BCUT2D eigenvalue weighted by molar-refractivity contribution is 0.0950. The molecule has 0 aliphatic rings. The molecule has 3 aromatic carbocycles. The van der Waals surface area contributed by atoms with E-state index in [1.54, 1.807) is 0 Å². The SMILES string of the molecule is CCOc1cc2ccccc2cc1C(=O)NCCc1cnn(-c2ccccc2)c1. The number of aromatic nitrogens is 2. The van der Waals surface area contributed by atoms with Crippen LogP contribution in [-0.2, 0) is 6.42 Å². The monoisotopic (exact) mass is 385 g/mol. The first-order valence-corrected chi connectivity index (χ1v) is 9.77. The van der Waals surface area contributed by atoms with Crippen LogP contribution < -0.4 is 10.1 Å². The summed E-state index contributed by atoms with van der Waals surface area (Å²) in [6.07, 6.45) is 4.53. The van der Waals surface area contributed by atoms with E-state index in [9.17, 15) is 4.79 Å². The molecule has 0 atom stereocenters. The number of hydrogen-bond acceptors (Lipinski definition) is 3. The fourth-order valence-electron chi connectivity index (χ4n) is 3.30. The smallest absolute Gasteiger partial charge is 0.255 e. The second-order valence-electron chi connectivity index (χ2n) is 6.76. The van der Waals surface area contributed by atoms with Gasteiger partial charge in [-0.3, -0.25) is 4.79 Å². The molecular weight excluding hydrogens is 362 g/mol. The fourth-order valence-corrected chi connectivity index (χ4v) is 3.30. The molecule has 4 rings (SSSR count). The van der Waals surface area contributed by atoms with Crippen LogP contribution in [0.1, 0.15) is 22.8 Å². The van der Waals surface area contributed by atoms with Crippen molar-refractivity contribution in [3.63, 3.8) is 0 Å². The van der Waals surface area contributed by atoms with Crippen LogP contribution in [0.2, 0.25) is 0 Å². The standard InChI is InChI=1S/C24H23N3O2/c1-2-29-23-15-20-9-7-6-8-19(20)14-22(23)24(28)25-13-12-18-16-26-27(17-18)21-10-4-3-5-11-21/h3-11,14-17H,2,12-13H2,1H3,(H,25,28).